The summed E-state index contributed by atoms with van der Waals surface area (Å²) in [5.74, 6) is 0.201. The number of hydrogen-bond acceptors (Lipinski definition) is 4. The first-order valence-electron chi connectivity index (χ1n) is 6.01. The fourth-order valence-electron chi connectivity index (χ4n) is 1.76. The number of para-hydroxylation sites is 1. The third-order valence-electron chi connectivity index (χ3n) is 2.91. The number of hydrogen-bond donors (Lipinski definition) is 1. The van der Waals surface area contributed by atoms with Crippen molar-refractivity contribution in [2.24, 2.45) is 11.7 Å². The average Bonchev–Trinajstić information content (AvgIpc) is 2.78. The summed E-state index contributed by atoms with van der Waals surface area (Å²) in [5, 5.41) is 1.04. The van der Waals surface area contributed by atoms with Crippen LogP contribution in [-0.4, -0.2) is 23.1 Å². The highest BCUT2D eigenvalue weighted by molar-refractivity contribution is 7.80. The van der Waals surface area contributed by atoms with Gasteiger partial charge >= 0.3 is 0 Å². The zero-order chi connectivity index (χ0) is 13.1. The molecule has 2 rings (SSSR count). The summed E-state index contributed by atoms with van der Waals surface area (Å²) >= 11 is 6.75. The van der Waals surface area contributed by atoms with E-state index in [9.17, 15) is 0 Å². The number of nitrogens with two attached hydrogens (primary N) is 1. The normalized spacial score (nSPS) is 12.6. The molecule has 1 atom stereocenters. The summed E-state index contributed by atoms with van der Waals surface area (Å²) in [5.41, 5.74) is 6.73. The Morgan fingerprint density at radius 1 is 1.50 bits per heavy atom. The molecule has 0 spiro atoms. The van der Waals surface area contributed by atoms with Gasteiger partial charge < -0.3 is 10.6 Å². The van der Waals surface area contributed by atoms with E-state index in [0.29, 0.717) is 4.99 Å². The van der Waals surface area contributed by atoms with Gasteiger partial charge in [0.05, 0.1) is 15.2 Å². The number of benzene rings is 1. The lowest BCUT2D eigenvalue weighted by Crippen LogP contribution is -2.33. The van der Waals surface area contributed by atoms with Crippen LogP contribution in [0.4, 0.5) is 5.13 Å². The van der Waals surface area contributed by atoms with Gasteiger partial charge in [-0.1, -0.05) is 42.6 Å². The lowest BCUT2D eigenvalue weighted by atomic mass is 10.2. The van der Waals surface area contributed by atoms with Crippen molar-refractivity contribution in [1.82, 2.24) is 4.98 Å². The molecular formula is C13H17N3S2. The van der Waals surface area contributed by atoms with Crippen LogP contribution in [0.15, 0.2) is 24.3 Å². The van der Waals surface area contributed by atoms with Gasteiger partial charge in [0.15, 0.2) is 5.13 Å². The van der Waals surface area contributed by atoms with E-state index in [-0.39, 0.29) is 5.92 Å². The number of anilines is 1. The van der Waals surface area contributed by atoms with E-state index >= 15 is 0 Å². The average molecular weight is 279 g/mol. The number of fused-ring (bicyclic) bond motifs is 1. The SMILES string of the molecule is CCN(CC(C)C(N)=S)c1nc2ccccc2s1. The number of nitrogens with zero attached hydrogens (tertiary/aromatic N) is 2. The molecule has 1 unspecified atom stereocenters. The monoisotopic (exact) mass is 279 g/mol. The van der Waals surface area contributed by atoms with Crippen molar-refractivity contribution < 1.29 is 0 Å². The molecule has 0 aliphatic carbocycles. The summed E-state index contributed by atoms with van der Waals surface area (Å²) in [6, 6.07) is 8.19. The Hall–Kier alpha value is -1.20. The largest absolute Gasteiger partial charge is 0.393 e. The number of rotatable bonds is 5. The molecule has 3 nitrogen and oxygen atoms in total. The van der Waals surface area contributed by atoms with Crippen molar-refractivity contribution in [3.8, 4) is 0 Å². The fourth-order valence-corrected chi connectivity index (χ4v) is 2.87. The Labute approximate surface area is 117 Å². The van der Waals surface area contributed by atoms with Crippen molar-refractivity contribution in [1.29, 1.82) is 0 Å². The van der Waals surface area contributed by atoms with E-state index in [1.165, 1.54) is 4.70 Å². The summed E-state index contributed by atoms with van der Waals surface area (Å²) in [4.78, 5) is 7.45. The van der Waals surface area contributed by atoms with Gasteiger partial charge in [0.25, 0.3) is 0 Å². The third kappa shape index (κ3) is 2.79. The maximum absolute atomic E-state index is 5.68. The van der Waals surface area contributed by atoms with E-state index < -0.39 is 0 Å². The van der Waals surface area contributed by atoms with Gasteiger partial charge in [0.2, 0.25) is 0 Å². The van der Waals surface area contributed by atoms with Crippen LogP contribution < -0.4 is 10.6 Å². The van der Waals surface area contributed by atoms with E-state index in [1.807, 2.05) is 18.2 Å². The van der Waals surface area contributed by atoms with Crippen LogP contribution in [-0.2, 0) is 0 Å². The molecule has 2 N–H and O–H groups in total. The second-order valence-corrected chi connectivity index (χ2v) is 5.79. The molecule has 0 amide bonds. The second-order valence-electron chi connectivity index (χ2n) is 4.31. The Balaban J connectivity index is 2.24. The highest BCUT2D eigenvalue weighted by Gasteiger charge is 2.15. The molecule has 0 fully saturated rings. The van der Waals surface area contributed by atoms with Gasteiger partial charge in [0.1, 0.15) is 0 Å². The molecule has 1 heterocycles. The maximum Gasteiger partial charge on any atom is 0.186 e. The van der Waals surface area contributed by atoms with Gasteiger partial charge in [0, 0.05) is 19.0 Å². The smallest absolute Gasteiger partial charge is 0.186 e. The Morgan fingerprint density at radius 3 is 2.83 bits per heavy atom. The molecule has 0 aliphatic heterocycles. The van der Waals surface area contributed by atoms with E-state index in [0.717, 1.165) is 23.7 Å². The molecule has 0 bridgehead atoms. The van der Waals surface area contributed by atoms with Crippen LogP contribution in [0.5, 0.6) is 0 Å². The Morgan fingerprint density at radius 2 is 2.22 bits per heavy atom. The summed E-state index contributed by atoms with van der Waals surface area (Å²) < 4.78 is 1.22. The highest BCUT2D eigenvalue weighted by Crippen LogP contribution is 2.28. The minimum absolute atomic E-state index is 0.201. The summed E-state index contributed by atoms with van der Waals surface area (Å²) in [6.07, 6.45) is 0. The van der Waals surface area contributed by atoms with Gasteiger partial charge in [-0.15, -0.1) is 0 Å². The molecule has 5 heteroatoms. The predicted molar refractivity (Wildman–Crippen MR) is 83.5 cm³/mol. The van der Waals surface area contributed by atoms with Crippen molar-refractivity contribution in [2.75, 3.05) is 18.0 Å². The molecule has 0 saturated heterocycles. The molecule has 0 aliphatic rings. The van der Waals surface area contributed by atoms with Gasteiger partial charge in [-0.3, -0.25) is 0 Å². The quantitative estimate of drug-likeness (QED) is 0.854. The zero-order valence-corrected chi connectivity index (χ0v) is 12.2. The Bertz CT molecular complexity index is 517. The first-order valence-corrected chi connectivity index (χ1v) is 7.24. The van der Waals surface area contributed by atoms with Crippen LogP contribution in [0.1, 0.15) is 13.8 Å². The van der Waals surface area contributed by atoms with Crippen LogP contribution in [0.2, 0.25) is 0 Å². The predicted octanol–water partition coefficient (Wildman–Crippen LogP) is 3.04. The molecule has 18 heavy (non-hydrogen) atoms. The topological polar surface area (TPSA) is 42.1 Å². The highest BCUT2D eigenvalue weighted by atomic mass is 32.1. The number of thiocarbonyl (C=S) groups is 1. The molecule has 2 aromatic rings. The van der Waals surface area contributed by atoms with E-state index in [2.05, 4.69) is 29.8 Å². The summed E-state index contributed by atoms with van der Waals surface area (Å²) in [6.45, 7) is 5.91. The van der Waals surface area contributed by atoms with Gasteiger partial charge in [-0.25, -0.2) is 4.98 Å². The first-order chi connectivity index (χ1) is 8.61. The standard InChI is InChI=1S/C13H17N3S2/c1-3-16(8-9(2)12(14)17)13-15-10-6-4-5-7-11(10)18-13/h4-7,9H,3,8H2,1-2H3,(H2,14,17). The molecule has 1 aromatic carbocycles. The lowest BCUT2D eigenvalue weighted by molar-refractivity contribution is 0.706. The van der Waals surface area contributed by atoms with Crippen molar-refractivity contribution in [3.05, 3.63) is 24.3 Å². The van der Waals surface area contributed by atoms with E-state index in [1.54, 1.807) is 11.3 Å². The number of aromatic nitrogens is 1. The molecule has 1 aromatic heterocycles. The van der Waals surface area contributed by atoms with Crippen molar-refractivity contribution in [2.45, 2.75) is 13.8 Å². The van der Waals surface area contributed by atoms with Crippen molar-refractivity contribution in [3.63, 3.8) is 0 Å². The maximum atomic E-state index is 5.68. The molecule has 96 valence electrons. The van der Waals surface area contributed by atoms with Crippen LogP contribution in [0.3, 0.4) is 0 Å². The third-order valence-corrected chi connectivity index (χ3v) is 4.41. The lowest BCUT2D eigenvalue weighted by Gasteiger charge is -2.23. The second kappa shape index (κ2) is 5.63. The zero-order valence-electron chi connectivity index (χ0n) is 10.6. The Kier molecular flexibility index (Phi) is 4.14. The summed E-state index contributed by atoms with van der Waals surface area (Å²) in [7, 11) is 0. The molecule has 0 radical (unpaired) electrons. The van der Waals surface area contributed by atoms with Crippen molar-refractivity contribution >= 4 is 43.9 Å². The molecular weight excluding hydrogens is 262 g/mol. The van der Waals surface area contributed by atoms with Crippen LogP contribution in [0.25, 0.3) is 10.2 Å². The molecule has 0 saturated carbocycles. The van der Waals surface area contributed by atoms with Crippen LogP contribution in [0, 0.1) is 5.92 Å². The fraction of sp³-hybridized carbons (Fsp3) is 0.385. The minimum atomic E-state index is 0.201. The minimum Gasteiger partial charge on any atom is -0.393 e. The van der Waals surface area contributed by atoms with Crippen LogP contribution >= 0.6 is 23.6 Å². The first kappa shape index (κ1) is 13.2. The van der Waals surface area contributed by atoms with E-state index in [4.69, 9.17) is 18.0 Å². The number of thiazole rings is 1. The van der Waals surface area contributed by atoms with Gasteiger partial charge in [-0.05, 0) is 19.1 Å². The van der Waals surface area contributed by atoms with Gasteiger partial charge in [-0.2, -0.15) is 0 Å².